The summed E-state index contributed by atoms with van der Waals surface area (Å²) in [6.07, 6.45) is 10.1. The lowest BCUT2D eigenvalue weighted by Gasteiger charge is -2.19. The van der Waals surface area contributed by atoms with Gasteiger partial charge in [0, 0.05) is 16.8 Å². The average Bonchev–Trinajstić information content (AvgIpc) is 3.45. The number of rotatable bonds is 3. The van der Waals surface area contributed by atoms with Gasteiger partial charge in [0.05, 0.1) is 27.3 Å². The fourth-order valence-electron chi connectivity index (χ4n) is 7.28. The molecule has 0 bridgehead atoms. The molecule has 0 spiro atoms. The number of nitrogens with zero attached hydrogens (tertiary/aromatic N) is 2. The highest BCUT2D eigenvalue weighted by Crippen LogP contribution is 2.43. The van der Waals surface area contributed by atoms with E-state index >= 15 is 0 Å². The van der Waals surface area contributed by atoms with Crippen molar-refractivity contribution in [2.24, 2.45) is 18.4 Å². The van der Waals surface area contributed by atoms with Crippen LogP contribution in [0.15, 0.2) is 54.7 Å². The molecule has 6 aromatic rings. The van der Waals surface area contributed by atoms with E-state index in [1.54, 1.807) is 0 Å². The summed E-state index contributed by atoms with van der Waals surface area (Å²) >= 11 is 0. The summed E-state index contributed by atoms with van der Waals surface area (Å²) in [5, 5.41) is 7.01. The summed E-state index contributed by atoms with van der Waals surface area (Å²) in [5.41, 5.74) is 10.0. The first-order valence-corrected chi connectivity index (χ1v) is 13.8. The Morgan fingerprint density at radius 2 is 1.72 bits per heavy atom. The molecule has 0 aliphatic heterocycles. The molecule has 7 rings (SSSR count). The fraction of sp³-hybridized carbons (Fsp3) is 0.382. The van der Waals surface area contributed by atoms with Crippen molar-refractivity contribution in [1.82, 2.24) is 4.40 Å². The van der Waals surface area contributed by atoms with Crippen molar-refractivity contribution in [2.45, 2.75) is 66.2 Å². The van der Waals surface area contributed by atoms with Gasteiger partial charge >= 0.3 is 0 Å². The Bertz CT molecular complexity index is 1790. The highest BCUT2D eigenvalue weighted by atomic mass is 15.0. The Hall–Kier alpha value is -3.13. The van der Waals surface area contributed by atoms with Crippen LogP contribution in [0.25, 0.3) is 49.0 Å². The van der Waals surface area contributed by atoms with E-state index in [1.807, 2.05) is 0 Å². The lowest BCUT2D eigenvalue weighted by molar-refractivity contribution is -0.643. The number of hydrogen-bond donors (Lipinski definition) is 0. The molecule has 0 unspecified atom stereocenters. The number of benzene rings is 3. The monoisotopic (exact) mass is 473 g/mol. The molecular formula is C34H37N2+. The van der Waals surface area contributed by atoms with Gasteiger partial charge in [0.25, 0.3) is 0 Å². The van der Waals surface area contributed by atoms with Gasteiger partial charge in [-0.05, 0) is 65.3 Å². The third-order valence-corrected chi connectivity index (χ3v) is 8.72. The molecule has 2 nitrogen and oxygen atoms in total. The van der Waals surface area contributed by atoms with Crippen LogP contribution in [0.3, 0.4) is 0 Å². The van der Waals surface area contributed by atoms with Crippen LogP contribution in [0, 0.1) is 18.3 Å². The summed E-state index contributed by atoms with van der Waals surface area (Å²) in [7, 11) is 2.21. The third kappa shape index (κ3) is 3.19. The first kappa shape index (κ1) is 22.1. The minimum absolute atomic E-state index is 0.236. The lowest BCUT2D eigenvalue weighted by atomic mass is 9.86. The zero-order valence-electron chi connectivity index (χ0n) is 22.4. The van der Waals surface area contributed by atoms with Crippen LogP contribution in [0.1, 0.15) is 63.1 Å². The molecule has 0 saturated heterocycles. The second kappa shape index (κ2) is 7.68. The summed E-state index contributed by atoms with van der Waals surface area (Å²) < 4.78 is 4.97. The molecule has 3 heterocycles. The van der Waals surface area contributed by atoms with E-state index in [2.05, 4.69) is 98.4 Å². The van der Waals surface area contributed by atoms with Gasteiger partial charge < -0.3 is 4.40 Å². The van der Waals surface area contributed by atoms with Crippen LogP contribution in [0.4, 0.5) is 0 Å². The largest absolute Gasteiger partial charge is 0.307 e. The zero-order chi connectivity index (χ0) is 24.8. The molecule has 182 valence electrons. The van der Waals surface area contributed by atoms with E-state index in [4.69, 9.17) is 0 Å². The van der Waals surface area contributed by atoms with Gasteiger partial charge in [-0.1, -0.05) is 76.8 Å². The predicted octanol–water partition coefficient (Wildman–Crippen LogP) is 8.44. The summed E-state index contributed by atoms with van der Waals surface area (Å²) in [6, 6.07) is 19.1. The molecule has 2 heteroatoms. The van der Waals surface area contributed by atoms with Crippen LogP contribution in [-0.2, 0) is 19.9 Å². The summed E-state index contributed by atoms with van der Waals surface area (Å²) in [6.45, 7) is 9.34. The number of aromatic nitrogens is 2. The Balaban J connectivity index is 1.69. The maximum absolute atomic E-state index is 2.62. The van der Waals surface area contributed by atoms with E-state index in [-0.39, 0.29) is 5.41 Å². The minimum atomic E-state index is 0.236. The Kier molecular flexibility index (Phi) is 4.72. The molecular weight excluding hydrogens is 436 g/mol. The van der Waals surface area contributed by atoms with E-state index in [0.717, 1.165) is 12.3 Å². The first-order chi connectivity index (χ1) is 17.3. The molecule has 0 radical (unpaired) electrons. The maximum Gasteiger partial charge on any atom is 0.224 e. The Labute approximate surface area is 213 Å². The van der Waals surface area contributed by atoms with Crippen molar-refractivity contribution in [3.05, 3.63) is 71.4 Å². The van der Waals surface area contributed by atoms with Gasteiger partial charge in [0.1, 0.15) is 7.05 Å². The van der Waals surface area contributed by atoms with Gasteiger partial charge in [-0.2, -0.15) is 0 Å². The molecule has 1 saturated carbocycles. The van der Waals surface area contributed by atoms with Gasteiger partial charge in [0.2, 0.25) is 5.52 Å². The average molecular weight is 474 g/mol. The van der Waals surface area contributed by atoms with E-state index in [1.165, 1.54) is 97.8 Å². The normalized spacial score (nSPS) is 15.6. The minimum Gasteiger partial charge on any atom is -0.307 e. The van der Waals surface area contributed by atoms with Crippen molar-refractivity contribution in [1.29, 1.82) is 0 Å². The topological polar surface area (TPSA) is 8.29 Å². The lowest BCUT2D eigenvalue weighted by Crippen LogP contribution is -2.29. The van der Waals surface area contributed by atoms with Crippen molar-refractivity contribution in [3.8, 4) is 0 Å². The molecule has 36 heavy (non-hydrogen) atoms. The highest BCUT2D eigenvalue weighted by molar-refractivity contribution is 6.26. The molecule has 3 aromatic carbocycles. The van der Waals surface area contributed by atoms with Crippen molar-refractivity contribution < 1.29 is 4.57 Å². The van der Waals surface area contributed by atoms with Gasteiger partial charge in [0.15, 0.2) is 6.20 Å². The third-order valence-electron chi connectivity index (χ3n) is 8.72. The SMILES string of the molecule is Cc1ccc2c3c(CC(C)(C)C)cccc3n3c4cc(CC5CCCC5)cc5cc[n+](C)c(c1c23)c54. The molecule has 1 aliphatic rings. The molecule has 0 amide bonds. The molecule has 1 fully saturated rings. The van der Waals surface area contributed by atoms with Crippen molar-refractivity contribution >= 4 is 49.0 Å². The Morgan fingerprint density at radius 1 is 0.917 bits per heavy atom. The number of fused-ring (bicyclic) bond motifs is 5. The standard InChI is InChI=1S/C34H37N2/c1-21-13-14-26-30-25(20-34(2,3)4)11-8-12-27(30)36-28-19-23(17-22-9-6-7-10-22)18-24-15-16-35(5)33(31(24)28)29(21)32(26)36/h8,11-16,18-19,22H,6-7,9-10,17,20H2,1-5H3/q+1. The number of hydrogen-bond acceptors (Lipinski definition) is 0. The highest BCUT2D eigenvalue weighted by Gasteiger charge is 2.26. The zero-order valence-corrected chi connectivity index (χ0v) is 22.4. The maximum atomic E-state index is 2.62. The van der Waals surface area contributed by atoms with Crippen LogP contribution >= 0.6 is 0 Å². The fourth-order valence-corrected chi connectivity index (χ4v) is 7.28. The molecule has 1 aliphatic carbocycles. The molecule has 3 aromatic heterocycles. The first-order valence-electron chi connectivity index (χ1n) is 13.8. The van der Waals surface area contributed by atoms with Crippen molar-refractivity contribution in [2.75, 3.05) is 0 Å². The number of pyridine rings is 2. The molecule has 0 atom stereocenters. The second-order valence-electron chi connectivity index (χ2n) is 12.7. The van der Waals surface area contributed by atoms with E-state index in [0.29, 0.717) is 0 Å². The Morgan fingerprint density at radius 3 is 2.50 bits per heavy atom. The smallest absolute Gasteiger partial charge is 0.224 e. The molecule has 0 N–H and O–H groups in total. The second-order valence-corrected chi connectivity index (χ2v) is 12.7. The quantitative estimate of drug-likeness (QED) is 0.138. The van der Waals surface area contributed by atoms with E-state index < -0.39 is 0 Å². The van der Waals surface area contributed by atoms with Crippen molar-refractivity contribution in [3.63, 3.8) is 0 Å². The van der Waals surface area contributed by atoms with Crippen LogP contribution < -0.4 is 4.57 Å². The van der Waals surface area contributed by atoms with Gasteiger partial charge in [-0.15, -0.1) is 0 Å². The van der Waals surface area contributed by atoms with E-state index in [9.17, 15) is 0 Å². The predicted molar refractivity (Wildman–Crippen MR) is 153 cm³/mol. The van der Waals surface area contributed by atoms with Gasteiger partial charge in [-0.3, -0.25) is 0 Å². The van der Waals surface area contributed by atoms with Crippen LogP contribution in [0.2, 0.25) is 0 Å². The van der Waals surface area contributed by atoms with Gasteiger partial charge in [-0.25, -0.2) is 4.57 Å². The number of aryl methyl sites for hydroxylation is 2. The van der Waals surface area contributed by atoms with Crippen LogP contribution in [0.5, 0.6) is 0 Å². The summed E-state index contributed by atoms with van der Waals surface area (Å²) in [4.78, 5) is 0. The van der Waals surface area contributed by atoms with Crippen LogP contribution in [-0.4, -0.2) is 4.40 Å². The summed E-state index contributed by atoms with van der Waals surface area (Å²) in [5.74, 6) is 0.840.